The molecule has 0 saturated carbocycles. The Morgan fingerprint density at radius 3 is 2.48 bits per heavy atom. The van der Waals surface area contributed by atoms with Crippen LogP contribution in [0.1, 0.15) is 13.3 Å². The summed E-state index contributed by atoms with van der Waals surface area (Å²) in [5, 5.41) is 8.87. The lowest BCUT2D eigenvalue weighted by Crippen LogP contribution is -2.33. The van der Waals surface area contributed by atoms with Crippen molar-refractivity contribution in [1.82, 2.24) is 4.90 Å². The summed E-state index contributed by atoms with van der Waals surface area (Å²) in [6.45, 7) is 1.81. The zero-order valence-corrected chi connectivity index (χ0v) is 14.7. The fourth-order valence-electron chi connectivity index (χ4n) is 1.94. The van der Waals surface area contributed by atoms with Gasteiger partial charge in [-0.25, -0.2) is 0 Å². The second kappa shape index (κ2) is 9.29. The summed E-state index contributed by atoms with van der Waals surface area (Å²) in [6.07, 6.45) is 0.349. The molecule has 0 aliphatic rings. The molecule has 0 aromatic heterocycles. The maximum Gasteiger partial charge on any atom is 0.308 e. The number of methoxy groups -OCH3 is 2. The Labute approximate surface area is 140 Å². The van der Waals surface area contributed by atoms with Crippen LogP contribution in [0.2, 0.25) is 0 Å². The molecule has 0 aliphatic carbocycles. The van der Waals surface area contributed by atoms with Gasteiger partial charge in [-0.2, -0.15) is 0 Å². The Hall–Kier alpha value is -1.89. The standard InChI is InChI=1S/C16H23NO5S/c1-11(16(19)20)10-17(2)15(18)7-8-23-12-5-6-13(21-3)14(9-12)22-4/h5-6,9,11H,7-8,10H2,1-4H3,(H,19,20). The molecule has 1 atom stereocenters. The molecule has 1 N–H and O–H groups in total. The van der Waals surface area contributed by atoms with E-state index in [0.29, 0.717) is 23.7 Å². The lowest BCUT2D eigenvalue weighted by molar-refractivity contribution is -0.142. The van der Waals surface area contributed by atoms with Crippen molar-refractivity contribution in [1.29, 1.82) is 0 Å². The van der Waals surface area contributed by atoms with Gasteiger partial charge in [0.2, 0.25) is 5.91 Å². The number of ether oxygens (including phenoxy) is 2. The van der Waals surface area contributed by atoms with Gasteiger partial charge in [0.25, 0.3) is 0 Å². The molecule has 0 aliphatic heterocycles. The maximum atomic E-state index is 12.0. The van der Waals surface area contributed by atoms with E-state index in [1.807, 2.05) is 18.2 Å². The molecule has 1 amide bonds. The third-order valence-electron chi connectivity index (χ3n) is 3.33. The first kappa shape index (κ1) is 19.2. The number of hydrogen-bond donors (Lipinski definition) is 1. The minimum Gasteiger partial charge on any atom is -0.493 e. The third-order valence-corrected chi connectivity index (χ3v) is 4.33. The summed E-state index contributed by atoms with van der Waals surface area (Å²) in [5.74, 6) is 0.393. The first-order valence-corrected chi connectivity index (χ1v) is 8.19. The molecule has 128 valence electrons. The van der Waals surface area contributed by atoms with E-state index in [4.69, 9.17) is 14.6 Å². The smallest absolute Gasteiger partial charge is 0.308 e. The third kappa shape index (κ3) is 6.02. The summed E-state index contributed by atoms with van der Waals surface area (Å²) in [7, 11) is 4.79. The van der Waals surface area contributed by atoms with Gasteiger partial charge in [-0.15, -0.1) is 11.8 Å². The molecule has 0 radical (unpaired) electrons. The van der Waals surface area contributed by atoms with E-state index in [0.717, 1.165) is 4.90 Å². The molecule has 0 spiro atoms. The van der Waals surface area contributed by atoms with E-state index in [9.17, 15) is 9.59 Å². The van der Waals surface area contributed by atoms with Crippen molar-refractivity contribution in [3.63, 3.8) is 0 Å². The van der Waals surface area contributed by atoms with Gasteiger partial charge in [-0.05, 0) is 18.2 Å². The number of carboxylic acids is 1. The van der Waals surface area contributed by atoms with Crippen molar-refractivity contribution in [2.75, 3.05) is 33.6 Å². The van der Waals surface area contributed by atoms with Crippen molar-refractivity contribution in [3.05, 3.63) is 18.2 Å². The van der Waals surface area contributed by atoms with Gasteiger partial charge in [0.15, 0.2) is 11.5 Å². The van der Waals surface area contributed by atoms with Crippen LogP contribution in [0.25, 0.3) is 0 Å². The van der Waals surface area contributed by atoms with Crippen LogP contribution in [0.3, 0.4) is 0 Å². The summed E-state index contributed by atoms with van der Waals surface area (Å²) in [6, 6.07) is 5.60. The van der Waals surface area contributed by atoms with E-state index in [-0.39, 0.29) is 12.5 Å². The molecular formula is C16H23NO5S. The maximum absolute atomic E-state index is 12.0. The highest BCUT2D eigenvalue weighted by Crippen LogP contribution is 2.32. The van der Waals surface area contributed by atoms with Gasteiger partial charge < -0.3 is 19.5 Å². The minimum atomic E-state index is -0.899. The quantitative estimate of drug-likeness (QED) is 0.695. The van der Waals surface area contributed by atoms with Crippen LogP contribution in [-0.2, 0) is 9.59 Å². The monoisotopic (exact) mass is 341 g/mol. The van der Waals surface area contributed by atoms with Crippen LogP contribution in [0.15, 0.2) is 23.1 Å². The van der Waals surface area contributed by atoms with Gasteiger partial charge in [0.05, 0.1) is 20.1 Å². The molecule has 0 saturated heterocycles. The summed E-state index contributed by atoms with van der Waals surface area (Å²) in [4.78, 5) is 25.2. The first-order valence-electron chi connectivity index (χ1n) is 7.20. The Morgan fingerprint density at radius 1 is 1.26 bits per heavy atom. The van der Waals surface area contributed by atoms with E-state index in [1.54, 1.807) is 40.0 Å². The van der Waals surface area contributed by atoms with Crippen molar-refractivity contribution in [2.24, 2.45) is 5.92 Å². The highest BCUT2D eigenvalue weighted by molar-refractivity contribution is 7.99. The Kier molecular flexibility index (Phi) is 7.74. The molecule has 1 aromatic rings. The van der Waals surface area contributed by atoms with Crippen LogP contribution in [0.4, 0.5) is 0 Å². The Morgan fingerprint density at radius 2 is 1.91 bits per heavy atom. The van der Waals surface area contributed by atoms with Crippen molar-refractivity contribution < 1.29 is 24.2 Å². The fourth-order valence-corrected chi connectivity index (χ4v) is 2.81. The first-order chi connectivity index (χ1) is 10.9. The predicted molar refractivity (Wildman–Crippen MR) is 89.3 cm³/mol. The molecule has 1 rings (SSSR count). The number of hydrogen-bond acceptors (Lipinski definition) is 5. The zero-order chi connectivity index (χ0) is 17.4. The van der Waals surface area contributed by atoms with E-state index in [2.05, 4.69) is 0 Å². The fraction of sp³-hybridized carbons (Fsp3) is 0.500. The number of aliphatic carboxylic acids is 1. The predicted octanol–water partition coefficient (Wildman–Crippen LogP) is 2.37. The molecule has 0 bridgehead atoms. The Bertz CT molecular complexity index is 549. The van der Waals surface area contributed by atoms with Crippen LogP contribution >= 0.6 is 11.8 Å². The average molecular weight is 341 g/mol. The number of thioether (sulfide) groups is 1. The lowest BCUT2D eigenvalue weighted by atomic mass is 10.2. The second-order valence-electron chi connectivity index (χ2n) is 5.13. The number of carbonyl (C=O) groups is 2. The molecule has 1 aromatic carbocycles. The number of nitrogens with zero attached hydrogens (tertiary/aromatic N) is 1. The number of amides is 1. The number of benzene rings is 1. The van der Waals surface area contributed by atoms with Crippen LogP contribution in [0.5, 0.6) is 11.5 Å². The summed E-state index contributed by atoms with van der Waals surface area (Å²) >= 11 is 1.54. The number of carbonyl (C=O) groups excluding carboxylic acids is 1. The van der Waals surface area contributed by atoms with Gasteiger partial charge in [-0.3, -0.25) is 9.59 Å². The van der Waals surface area contributed by atoms with Crippen LogP contribution in [-0.4, -0.2) is 55.4 Å². The van der Waals surface area contributed by atoms with E-state index in [1.165, 1.54) is 4.90 Å². The van der Waals surface area contributed by atoms with E-state index >= 15 is 0 Å². The highest BCUT2D eigenvalue weighted by atomic mass is 32.2. The molecule has 6 nitrogen and oxygen atoms in total. The lowest BCUT2D eigenvalue weighted by Gasteiger charge is -2.19. The molecule has 7 heteroatoms. The van der Waals surface area contributed by atoms with Crippen LogP contribution in [0, 0.1) is 5.92 Å². The van der Waals surface area contributed by atoms with Crippen LogP contribution < -0.4 is 9.47 Å². The topological polar surface area (TPSA) is 76.1 Å². The number of rotatable bonds is 9. The highest BCUT2D eigenvalue weighted by Gasteiger charge is 2.17. The largest absolute Gasteiger partial charge is 0.493 e. The van der Waals surface area contributed by atoms with Gasteiger partial charge >= 0.3 is 5.97 Å². The average Bonchev–Trinajstić information content (AvgIpc) is 2.54. The minimum absolute atomic E-state index is 0.0638. The Balaban J connectivity index is 2.47. The number of carboxylic acid groups (broad SMARTS) is 1. The second-order valence-corrected chi connectivity index (χ2v) is 6.30. The van der Waals surface area contributed by atoms with Gasteiger partial charge in [-0.1, -0.05) is 6.92 Å². The van der Waals surface area contributed by atoms with E-state index < -0.39 is 11.9 Å². The van der Waals surface area contributed by atoms with Crippen molar-refractivity contribution in [3.8, 4) is 11.5 Å². The normalized spacial score (nSPS) is 11.7. The molecule has 0 heterocycles. The molecule has 23 heavy (non-hydrogen) atoms. The van der Waals surface area contributed by atoms with Gasteiger partial charge in [0.1, 0.15) is 0 Å². The van der Waals surface area contributed by atoms with Crippen molar-refractivity contribution >= 4 is 23.6 Å². The molecule has 1 unspecified atom stereocenters. The zero-order valence-electron chi connectivity index (χ0n) is 13.9. The molecule has 0 fully saturated rings. The van der Waals surface area contributed by atoms with Crippen molar-refractivity contribution in [2.45, 2.75) is 18.2 Å². The summed E-state index contributed by atoms with van der Waals surface area (Å²) in [5.41, 5.74) is 0. The summed E-state index contributed by atoms with van der Waals surface area (Å²) < 4.78 is 10.4. The molecular weight excluding hydrogens is 318 g/mol. The SMILES string of the molecule is COc1ccc(SCCC(=O)N(C)CC(C)C(=O)O)cc1OC. The van der Waals surface area contributed by atoms with Gasteiger partial charge in [0, 0.05) is 30.7 Å².